The lowest BCUT2D eigenvalue weighted by Crippen LogP contribution is -2.41. The smallest absolute Gasteiger partial charge is 0.337 e. The topological polar surface area (TPSA) is 88.1 Å². The van der Waals surface area contributed by atoms with Gasteiger partial charge in [0.1, 0.15) is 6.54 Å². The van der Waals surface area contributed by atoms with Gasteiger partial charge in [-0.3, -0.25) is 14.2 Å². The molecule has 0 aliphatic carbocycles. The zero-order chi connectivity index (χ0) is 22.0. The van der Waals surface area contributed by atoms with E-state index in [0.29, 0.717) is 11.6 Å². The fourth-order valence-electron chi connectivity index (χ4n) is 3.41. The molecule has 0 saturated heterocycles. The van der Waals surface area contributed by atoms with Crippen molar-refractivity contribution in [1.82, 2.24) is 18.7 Å². The average Bonchev–Trinajstić information content (AvgIpc) is 3.09. The fourth-order valence-corrected chi connectivity index (χ4v) is 3.41. The number of carbonyl (C=O) groups excluding carboxylic acids is 1. The van der Waals surface area contributed by atoms with Crippen molar-refractivity contribution in [1.29, 1.82) is 0 Å². The number of hydrogen-bond acceptors (Lipinski definition) is 5. The summed E-state index contributed by atoms with van der Waals surface area (Å²) in [6.45, 7) is 10.2. The Hall–Kier alpha value is -3.16. The van der Waals surface area contributed by atoms with Crippen LogP contribution in [-0.4, -0.2) is 31.3 Å². The number of esters is 1. The largest absolute Gasteiger partial charge is 0.465 e. The fraction of sp³-hybridized carbons (Fsp3) is 0.455. The Morgan fingerprint density at radius 3 is 2.33 bits per heavy atom. The van der Waals surface area contributed by atoms with Gasteiger partial charge in [-0.05, 0) is 36.5 Å². The van der Waals surface area contributed by atoms with E-state index in [9.17, 15) is 14.4 Å². The predicted molar refractivity (Wildman–Crippen MR) is 115 cm³/mol. The van der Waals surface area contributed by atoms with Crippen molar-refractivity contribution in [3.05, 3.63) is 57.0 Å². The van der Waals surface area contributed by atoms with Gasteiger partial charge in [-0.15, -0.1) is 0 Å². The Bertz CT molecular complexity index is 1170. The highest BCUT2D eigenvalue weighted by molar-refractivity contribution is 5.76. The van der Waals surface area contributed by atoms with E-state index in [-0.39, 0.29) is 36.8 Å². The van der Waals surface area contributed by atoms with Crippen molar-refractivity contribution < 1.29 is 9.53 Å². The maximum absolute atomic E-state index is 13.3. The summed E-state index contributed by atoms with van der Waals surface area (Å²) >= 11 is 0. The van der Waals surface area contributed by atoms with Crippen LogP contribution in [-0.2, 0) is 22.6 Å². The molecule has 0 amide bonds. The number of fused-ring (bicyclic) bond motifs is 1. The van der Waals surface area contributed by atoms with Gasteiger partial charge in [0.2, 0.25) is 0 Å². The van der Waals surface area contributed by atoms with Crippen molar-refractivity contribution in [2.75, 3.05) is 6.61 Å². The van der Waals surface area contributed by atoms with Crippen LogP contribution in [0.1, 0.15) is 46.1 Å². The highest BCUT2D eigenvalue weighted by Gasteiger charge is 2.21. The van der Waals surface area contributed by atoms with Crippen LogP contribution >= 0.6 is 0 Å². The van der Waals surface area contributed by atoms with Gasteiger partial charge in [-0.1, -0.05) is 39.8 Å². The van der Waals surface area contributed by atoms with Crippen molar-refractivity contribution in [2.45, 2.75) is 53.6 Å². The molecule has 0 atom stereocenters. The molecule has 2 aromatic heterocycles. The molecule has 0 saturated carbocycles. The van der Waals surface area contributed by atoms with Gasteiger partial charge in [0, 0.05) is 6.54 Å². The molecule has 0 radical (unpaired) electrons. The molecule has 0 spiro atoms. The maximum atomic E-state index is 13.3. The summed E-state index contributed by atoms with van der Waals surface area (Å²) < 4.78 is 9.11. The minimum Gasteiger partial charge on any atom is -0.465 e. The molecule has 3 rings (SSSR count). The zero-order valence-corrected chi connectivity index (χ0v) is 18.1. The van der Waals surface area contributed by atoms with E-state index in [1.54, 1.807) is 6.92 Å². The van der Waals surface area contributed by atoms with E-state index in [2.05, 4.69) is 18.8 Å². The minimum absolute atomic E-state index is 0.0889. The zero-order valence-electron chi connectivity index (χ0n) is 18.1. The Morgan fingerprint density at radius 1 is 1.10 bits per heavy atom. The lowest BCUT2D eigenvalue weighted by Gasteiger charge is -2.14. The average molecular weight is 412 g/mol. The van der Waals surface area contributed by atoms with Gasteiger partial charge in [-0.2, -0.15) is 0 Å². The summed E-state index contributed by atoms with van der Waals surface area (Å²) in [4.78, 5) is 42.8. The summed E-state index contributed by atoms with van der Waals surface area (Å²) in [5.74, 6) is -0.0221. The van der Waals surface area contributed by atoms with Crippen molar-refractivity contribution >= 4 is 17.1 Å². The quantitative estimate of drug-likeness (QED) is 0.557. The standard InChI is InChI=1S/C22H28N4O4/c1-6-30-18(27)12-24-13-23-20-19(24)21(28)25(11-14(2)3)22(29)26(20)17-9-7-16(8-10-17)15(4)5/h7-10,13-15H,6,11-12H2,1-5H3. The van der Waals surface area contributed by atoms with Gasteiger partial charge < -0.3 is 9.30 Å². The summed E-state index contributed by atoms with van der Waals surface area (Å²) in [5, 5.41) is 0. The third-order valence-electron chi connectivity index (χ3n) is 4.87. The van der Waals surface area contributed by atoms with Crippen LogP contribution in [0.5, 0.6) is 0 Å². The molecule has 8 heteroatoms. The van der Waals surface area contributed by atoms with E-state index < -0.39 is 17.2 Å². The highest BCUT2D eigenvalue weighted by atomic mass is 16.5. The molecule has 0 N–H and O–H groups in total. The third kappa shape index (κ3) is 4.08. The van der Waals surface area contributed by atoms with Crippen molar-refractivity contribution in [2.24, 2.45) is 5.92 Å². The molecule has 0 bridgehead atoms. The second-order valence-corrected chi connectivity index (χ2v) is 8.02. The molecule has 8 nitrogen and oxygen atoms in total. The Morgan fingerprint density at radius 2 is 1.77 bits per heavy atom. The van der Waals surface area contributed by atoms with Crippen molar-refractivity contribution in [3.8, 4) is 5.69 Å². The van der Waals surface area contributed by atoms with Gasteiger partial charge in [0.15, 0.2) is 11.2 Å². The molecule has 2 heterocycles. The van der Waals surface area contributed by atoms with E-state index in [1.807, 2.05) is 38.1 Å². The van der Waals surface area contributed by atoms with Crippen LogP contribution in [0.2, 0.25) is 0 Å². The minimum atomic E-state index is -0.467. The van der Waals surface area contributed by atoms with Gasteiger partial charge in [-0.25, -0.2) is 14.3 Å². The van der Waals surface area contributed by atoms with Gasteiger partial charge >= 0.3 is 11.7 Å². The molecular weight excluding hydrogens is 384 g/mol. The van der Waals surface area contributed by atoms with Crippen LogP contribution in [0.4, 0.5) is 0 Å². The number of carbonyl (C=O) groups is 1. The van der Waals surface area contributed by atoms with Gasteiger partial charge in [0.05, 0.1) is 18.6 Å². The molecule has 0 fully saturated rings. The Kier molecular flexibility index (Phi) is 6.24. The van der Waals surface area contributed by atoms with Gasteiger partial charge in [0.25, 0.3) is 5.56 Å². The molecule has 0 aliphatic heterocycles. The first-order valence-corrected chi connectivity index (χ1v) is 10.2. The van der Waals surface area contributed by atoms with E-state index >= 15 is 0 Å². The Labute approximate surface area is 174 Å². The predicted octanol–water partition coefficient (Wildman–Crippen LogP) is 2.69. The van der Waals surface area contributed by atoms with E-state index in [0.717, 1.165) is 5.56 Å². The first kappa shape index (κ1) is 21.5. The van der Waals surface area contributed by atoms with Crippen LogP contribution in [0.25, 0.3) is 16.9 Å². The van der Waals surface area contributed by atoms with E-state index in [1.165, 1.54) is 20.0 Å². The first-order chi connectivity index (χ1) is 14.2. The monoisotopic (exact) mass is 412 g/mol. The van der Waals surface area contributed by atoms with E-state index in [4.69, 9.17) is 4.74 Å². The van der Waals surface area contributed by atoms with Crippen molar-refractivity contribution in [3.63, 3.8) is 0 Å². The normalized spacial score (nSPS) is 11.6. The van der Waals surface area contributed by atoms with Crippen LogP contribution in [0, 0.1) is 5.92 Å². The van der Waals surface area contributed by atoms with Crippen LogP contribution in [0.15, 0.2) is 40.2 Å². The number of ether oxygens (including phenoxy) is 1. The number of rotatable bonds is 7. The summed E-state index contributed by atoms with van der Waals surface area (Å²) in [5.41, 5.74) is 1.29. The molecule has 0 unspecified atom stereocenters. The second-order valence-electron chi connectivity index (χ2n) is 8.02. The number of hydrogen-bond donors (Lipinski definition) is 0. The summed E-state index contributed by atoms with van der Waals surface area (Å²) in [7, 11) is 0. The summed E-state index contributed by atoms with van der Waals surface area (Å²) in [6, 6.07) is 7.63. The third-order valence-corrected chi connectivity index (χ3v) is 4.87. The number of imidazole rings is 1. The second kappa shape index (κ2) is 8.69. The lowest BCUT2D eigenvalue weighted by molar-refractivity contribution is -0.143. The molecule has 3 aromatic rings. The maximum Gasteiger partial charge on any atom is 0.337 e. The molecule has 30 heavy (non-hydrogen) atoms. The van der Waals surface area contributed by atoms with Crippen LogP contribution < -0.4 is 11.2 Å². The molecular formula is C22H28N4O4. The number of nitrogens with zero attached hydrogens (tertiary/aromatic N) is 4. The number of benzene rings is 1. The molecule has 160 valence electrons. The number of aromatic nitrogens is 4. The lowest BCUT2D eigenvalue weighted by atomic mass is 10.0. The summed E-state index contributed by atoms with van der Waals surface area (Å²) in [6.07, 6.45) is 1.40. The molecule has 1 aromatic carbocycles. The Balaban J connectivity index is 2.27. The van der Waals surface area contributed by atoms with Crippen LogP contribution in [0.3, 0.4) is 0 Å². The SMILES string of the molecule is CCOC(=O)Cn1cnc2c1c(=O)n(CC(C)C)c(=O)n2-c1ccc(C(C)C)cc1. The molecule has 0 aliphatic rings. The first-order valence-electron chi connectivity index (χ1n) is 10.2. The highest BCUT2D eigenvalue weighted by Crippen LogP contribution is 2.18.